The number of benzene rings is 2. The van der Waals surface area contributed by atoms with Gasteiger partial charge in [0.05, 0.1) is 11.7 Å². The van der Waals surface area contributed by atoms with Crippen LogP contribution in [0, 0.1) is 12.8 Å². The third kappa shape index (κ3) is 4.71. The molecule has 1 fully saturated rings. The van der Waals surface area contributed by atoms with Gasteiger partial charge in [0, 0.05) is 18.8 Å². The molecule has 1 heterocycles. The van der Waals surface area contributed by atoms with Crippen LogP contribution in [0.2, 0.25) is 0 Å². The highest BCUT2D eigenvalue weighted by Crippen LogP contribution is 2.23. The molecule has 138 valence electrons. The van der Waals surface area contributed by atoms with Crippen LogP contribution in [0.1, 0.15) is 24.0 Å². The molecule has 1 saturated heterocycles. The van der Waals surface area contributed by atoms with Gasteiger partial charge in [0.1, 0.15) is 0 Å². The van der Waals surface area contributed by atoms with Crippen molar-refractivity contribution in [1.29, 1.82) is 0 Å². The van der Waals surface area contributed by atoms with Crippen LogP contribution in [0.4, 0.5) is 5.69 Å². The highest BCUT2D eigenvalue weighted by Gasteiger charge is 2.32. The second kappa shape index (κ2) is 8.01. The van der Waals surface area contributed by atoms with Crippen molar-refractivity contribution in [3.63, 3.8) is 0 Å². The van der Waals surface area contributed by atoms with E-state index < -0.39 is 10.0 Å². The van der Waals surface area contributed by atoms with Crippen LogP contribution in [0.25, 0.3) is 0 Å². The molecule has 1 amide bonds. The monoisotopic (exact) mass is 372 g/mol. The molecule has 5 nitrogen and oxygen atoms in total. The van der Waals surface area contributed by atoms with Gasteiger partial charge in [0.15, 0.2) is 0 Å². The summed E-state index contributed by atoms with van der Waals surface area (Å²) in [5.41, 5.74) is 2.63. The van der Waals surface area contributed by atoms with E-state index in [0.717, 1.165) is 16.8 Å². The molecule has 6 heteroatoms. The van der Waals surface area contributed by atoms with E-state index in [2.05, 4.69) is 5.32 Å². The molecule has 0 aliphatic carbocycles. The molecular weight excluding hydrogens is 348 g/mol. The van der Waals surface area contributed by atoms with E-state index in [9.17, 15) is 13.2 Å². The van der Waals surface area contributed by atoms with Crippen molar-refractivity contribution in [2.45, 2.75) is 25.5 Å². The van der Waals surface area contributed by atoms with Crippen LogP contribution in [0.15, 0.2) is 54.6 Å². The van der Waals surface area contributed by atoms with Gasteiger partial charge in [-0.15, -0.1) is 0 Å². The molecule has 1 N–H and O–H groups in total. The first-order chi connectivity index (χ1) is 12.4. The second-order valence-electron chi connectivity index (χ2n) is 6.79. The van der Waals surface area contributed by atoms with Crippen molar-refractivity contribution in [2.75, 3.05) is 18.4 Å². The van der Waals surface area contributed by atoms with Crippen molar-refractivity contribution < 1.29 is 13.2 Å². The number of hydrogen-bond acceptors (Lipinski definition) is 3. The summed E-state index contributed by atoms with van der Waals surface area (Å²) >= 11 is 0. The fourth-order valence-electron chi connectivity index (χ4n) is 3.17. The first-order valence-corrected chi connectivity index (χ1v) is 10.4. The number of rotatable bonds is 5. The number of nitrogens with one attached hydrogen (secondary N) is 1. The number of aryl methyl sites for hydroxylation is 1. The lowest BCUT2D eigenvalue weighted by Crippen LogP contribution is -2.44. The van der Waals surface area contributed by atoms with Crippen molar-refractivity contribution in [3.05, 3.63) is 65.7 Å². The zero-order chi connectivity index (χ0) is 18.6. The van der Waals surface area contributed by atoms with Gasteiger partial charge >= 0.3 is 0 Å². The smallest absolute Gasteiger partial charge is 0.228 e. The number of anilines is 1. The van der Waals surface area contributed by atoms with E-state index in [1.54, 1.807) is 0 Å². The molecule has 0 unspecified atom stereocenters. The summed E-state index contributed by atoms with van der Waals surface area (Å²) in [7, 11) is -3.43. The predicted molar refractivity (Wildman–Crippen MR) is 103 cm³/mol. The summed E-state index contributed by atoms with van der Waals surface area (Å²) < 4.78 is 26.9. The minimum Gasteiger partial charge on any atom is -0.326 e. The normalized spacial score (nSPS) is 18.4. The first-order valence-electron chi connectivity index (χ1n) is 8.83. The predicted octanol–water partition coefficient (Wildman–Crippen LogP) is 3.18. The van der Waals surface area contributed by atoms with Crippen LogP contribution < -0.4 is 5.32 Å². The van der Waals surface area contributed by atoms with Crippen molar-refractivity contribution in [2.24, 2.45) is 5.92 Å². The van der Waals surface area contributed by atoms with E-state index in [4.69, 9.17) is 0 Å². The van der Waals surface area contributed by atoms with E-state index in [-0.39, 0.29) is 24.1 Å². The van der Waals surface area contributed by atoms with Crippen LogP contribution in [0.3, 0.4) is 0 Å². The van der Waals surface area contributed by atoms with E-state index in [1.807, 2.05) is 61.5 Å². The minimum atomic E-state index is -3.43. The molecule has 0 radical (unpaired) electrons. The quantitative estimate of drug-likeness (QED) is 0.877. The first kappa shape index (κ1) is 18.6. The summed E-state index contributed by atoms with van der Waals surface area (Å²) in [6, 6.07) is 16.7. The van der Waals surface area contributed by atoms with Gasteiger partial charge in [-0.25, -0.2) is 12.7 Å². The third-order valence-corrected chi connectivity index (χ3v) is 6.48. The molecule has 1 aliphatic rings. The van der Waals surface area contributed by atoms with Crippen LogP contribution in [0.5, 0.6) is 0 Å². The summed E-state index contributed by atoms with van der Waals surface area (Å²) in [5, 5.41) is 2.90. The van der Waals surface area contributed by atoms with Crippen molar-refractivity contribution in [3.8, 4) is 0 Å². The van der Waals surface area contributed by atoms with E-state index >= 15 is 0 Å². The zero-order valence-corrected chi connectivity index (χ0v) is 15.7. The van der Waals surface area contributed by atoms with E-state index in [0.29, 0.717) is 19.4 Å². The number of nitrogens with zero attached hydrogens (tertiary/aromatic N) is 1. The van der Waals surface area contributed by atoms with Crippen LogP contribution in [-0.2, 0) is 20.6 Å². The third-order valence-electron chi connectivity index (χ3n) is 4.66. The van der Waals surface area contributed by atoms with Gasteiger partial charge in [-0.1, -0.05) is 48.0 Å². The fourth-order valence-corrected chi connectivity index (χ4v) is 4.78. The van der Waals surface area contributed by atoms with Crippen molar-refractivity contribution >= 4 is 21.6 Å². The maximum atomic E-state index is 12.7. The highest BCUT2D eigenvalue weighted by molar-refractivity contribution is 7.88. The lowest BCUT2D eigenvalue weighted by atomic mass is 9.98. The van der Waals surface area contributed by atoms with Gasteiger partial charge in [0.2, 0.25) is 15.9 Å². The molecule has 0 aromatic heterocycles. The van der Waals surface area contributed by atoms with Crippen LogP contribution in [-0.4, -0.2) is 31.7 Å². The second-order valence-corrected chi connectivity index (χ2v) is 8.76. The Balaban J connectivity index is 1.64. The SMILES string of the molecule is Cc1ccc(NC(=O)[C@H]2CCCN(S(=O)(=O)Cc3ccccc3)C2)cc1. The van der Waals surface area contributed by atoms with Gasteiger partial charge < -0.3 is 5.32 Å². The molecule has 26 heavy (non-hydrogen) atoms. The average molecular weight is 372 g/mol. The maximum Gasteiger partial charge on any atom is 0.228 e. The Morgan fingerprint density at radius 2 is 1.81 bits per heavy atom. The number of carbonyl (C=O) groups is 1. The summed E-state index contributed by atoms with van der Waals surface area (Å²) in [4.78, 5) is 12.6. The van der Waals surface area contributed by atoms with E-state index in [1.165, 1.54) is 4.31 Å². The molecule has 1 aliphatic heterocycles. The molecule has 3 rings (SSSR count). The largest absolute Gasteiger partial charge is 0.326 e. The summed E-state index contributed by atoms with van der Waals surface area (Å²) in [6.07, 6.45) is 1.40. The Labute approximate surface area is 155 Å². The molecule has 0 spiro atoms. The standard InChI is InChI=1S/C20H24N2O3S/c1-16-9-11-19(12-10-16)21-20(23)18-8-5-13-22(14-18)26(24,25)15-17-6-3-2-4-7-17/h2-4,6-7,9-12,18H,5,8,13-15H2,1H3,(H,21,23)/t18-/m0/s1. The van der Waals surface area contributed by atoms with Gasteiger partial charge in [-0.3, -0.25) is 4.79 Å². The van der Waals surface area contributed by atoms with Gasteiger partial charge in [-0.2, -0.15) is 0 Å². The summed E-state index contributed by atoms with van der Waals surface area (Å²) in [6.45, 7) is 2.71. The molecule has 2 aromatic rings. The van der Waals surface area contributed by atoms with Crippen molar-refractivity contribution in [1.82, 2.24) is 4.31 Å². The molecule has 0 bridgehead atoms. The molecule has 2 aromatic carbocycles. The molecule has 1 atom stereocenters. The highest BCUT2D eigenvalue weighted by atomic mass is 32.2. The lowest BCUT2D eigenvalue weighted by Gasteiger charge is -2.31. The minimum absolute atomic E-state index is 0.0276. The van der Waals surface area contributed by atoms with Crippen LogP contribution >= 0.6 is 0 Å². The molecular formula is C20H24N2O3S. The van der Waals surface area contributed by atoms with Gasteiger partial charge in [-0.05, 0) is 37.5 Å². The Morgan fingerprint density at radius 3 is 2.50 bits per heavy atom. The Morgan fingerprint density at radius 1 is 1.12 bits per heavy atom. The average Bonchev–Trinajstić information content (AvgIpc) is 2.64. The Bertz CT molecular complexity index is 848. The Kier molecular flexibility index (Phi) is 5.74. The maximum absolute atomic E-state index is 12.7. The number of carbonyl (C=O) groups excluding carboxylic acids is 1. The zero-order valence-electron chi connectivity index (χ0n) is 14.9. The summed E-state index contributed by atoms with van der Waals surface area (Å²) in [5.74, 6) is -0.468. The lowest BCUT2D eigenvalue weighted by molar-refractivity contribution is -0.120. The number of sulfonamides is 1. The number of amides is 1. The topological polar surface area (TPSA) is 66.5 Å². The Hall–Kier alpha value is -2.18. The molecule has 0 saturated carbocycles. The fraction of sp³-hybridized carbons (Fsp3) is 0.350. The number of hydrogen-bond donors (Lipinski definition) is 1. The van der Waals surface area contributed by atoms with Gasteiger partial charge in [0.25, 0.3) is 0 Å². The number of piperidine rings is 1.